The molecule has 1 aromatic rings. The molecule has 0 amide bonds. The number of nitrogens with zero attached hydrogens (tertiary/aromatic N) is 1. The van der Waals surface area contributed by atoms with Crippen molar-refractivity contribution in [3.05, 3.63) is 21.9 Å². The maximum Gasteiger partial charge on any atom is 0.0818 e. The van der Waals surface area contributed by atoms with Crippen molar-refractivity contribution < 1.29 is 9.84 Å². The van der Waals surface area contributed by atoms with Crippen molar-refractivity contribution in [2.45, 2.75) is 31.4 Å². The third kappa shape index (κ3) is 2.55. The topological polar surface area (TPSA) is 32.7 Å². The van der Waals surface area contributed by atoms with Gasteiger partial charge in [0.15, 0.2) is 0 Å². The average Bonchev–Trinajstić information content (AvgIpc) is 2.76. The zero-order valence-electron chi connectivity index (χ0n) is 10.0. The molecule has 17 heavy (non-hydrogen) atoms. The van der Waals surface area contributed by atoms with Gasteiger partial charge in [-0.3, -0.25) is 4.90 Å². The summed E-state index contributed by atoms with van der Waals surface area (Å²) in [7, 11) is 0. The molecule has 1 aromatic heterocycles. The smallest absolute Gasteiger partial charge is 0.0818 e. The van der Waals surface area contributed by atoms with E-state index >= 15 is 0 Å². The first-order chi connectivity index (χ1) is 8.25. The highest BCUT2D eigenvalue weighted by Gasteiger charge is 2.32. The Balaban J connectivity index is 1.63. The molecule has 0 aliphatic carbocycles. The second-order valence-electron chi connectivity index (χ2n) is 5.17. The molecule has 3 heterocycles. The Bertz CT molecular complexity index is 385. The van der Waals surface area contributed by atoms with Crippen LogP contribution >= 0.6 is 11.3 Å². The van der Waals surface area contributed by atoms with Crippen LogP contribution in [0.1, 0.15) is 23.3 Å². The summed E-state index contributed by atoms with van der Waals surface area (Å²) >= 11 is 1.86. The van der Waals surface area contributed by atoms with Crippen molar-refractivity contribution in [3.8, 4) is 0 Å². The standard InChI is InChI=1S/C13H19NO2S/c15-13(3-6-16-7-4-13)10-14-5-1-12-11(9-14)2-8-17-12/h2,8,15H,1,3-7,9-10H2. The highest BCUT2D eigenvalue weighted by atomic mass is 32.1. The summed E-state index contributed by atoms with van der Waals surface area (Å²) in [6.45, 7) is 4.28. The van der Waals surface area contributed by atoms with E-state index in [2.05, 4.69) is 16.3 Å². The van der Waals surface area contributed by atoms with E-state index < -0.39 is 5.60 Å². The monoisotopic (exact) mass is 253 g/mol. The number of hydrogen-bond donors (Lipinski definition) is 1. The largest absolute Gasteiger partial charge is 0.388 e. The van der Waals surface area contributed by atoms with Gasteiger partial charge < -0.3 is 9.84 Å². The van der Waals surface area contributed by atoms with Gasteiger partial charge in [0.05, 0.1) is 5.60 Å². The Morgan fingerprint density at radius 1 is 1.41 bits per heavy atom. The van der Waals surface area contributed by atoms with Crippen molar-refractivity contribution in [1.82, 2.24) is 4.90 Å². The Morgan fingerprint density at radius 3 is 3.06 bits per heavy atom. The number of rotatable bonds is 2. The highest BCUT2D eigenvalue weighted by molar-refractivity contribution is 7.10. The number of β-amino-alcohol motifs (C(OH)–C–C–N with tert-alkyl or cyclic N) is 1. The molecule has 0 unspecified atom stereocenters. The second kappa shape index (κ2) is 4.69. The lowest BCUT2D eigenvalue weighted by molar-refractivity contribution is -0.0814. The van der Waals surface area contributed by atoms with Crippen molar-refractivity contribution in [2.24, 2.45) is 0 Å². The number of aliphatic hydroxyl groups is 1. The Labute approximate surface area is 106 Å². The molecule has 1 N–H and O–H groups in total. The van der Waals surface area contributed by atoms with E-state index in [9.17, 15) is 5.11 Å². The summed E-state index contributed by atoms with van der Waals surface area (Å²) in [5.74, 6) is 0. The van der Waals surface area contributed by atoms with E-state index in [-0.39, 0.29) is 0 Å². The van der Waals surface area contributed by atoms with E-state index in [4.69, 9.17) is 4.74 Å². The summed E-state index contributed by atoms with van der Waals surface area (Å²) in [5, 5.41) is 12.7. The van der Waals surface area contributed by atoms with Gasteiger partial charge in [-0.1, -0.05) is 0 Å². The van der Waals surface area contributed by atoms with E-state index in [1.165, 1.54) is 10.4 Å². The van der Waals surface area contributed by atoms with Gasteiger partial charge in [0.2, 0.25) is 0 Å². The normalized spacial score (nSPS) is 24.5. The number of fused-ring (bicyclic) bond motifs is 1. The van der Waals surface area contributed by atoms with Gasteiger partial charge in [-0.05, 0) is 23.4 Å². The van der Waals surface area contributed by atoms with Crippen molar-refractivity contribution in [1.29, 1.82) is 0 Å². The highest BCUT2D eigenvalue weighted by Crippen LogP contribution is 2.27. The van der Waals surface area contributed by atoms with Crippen LogP contribution in [0.2, 0.25) is 0 Å². The summed E-state index contributed by atoms with van der Waals surface area (Å²) in [6.07, 6.45) is 2.69. The minimum Gasteiger partial charge on any atom is -0.388 e. The number of hydrogen-bond acceptors (Lipinski definition) is 4. The minimum atomic E-state index is -0.522. The summed E-state index contributed by atoms with van der Waals surface area (Å²) in [4.78, 5) is 3.92. The average molecular weight is 253 g/mol. The fourth-order valence-electron chi connectivity index (χ4n) is 2.77. The molecule has 94 valence electrons. The maximum atomic E-state index is 10.5. The summed E-state index contributed by atoms with van der Waals surface area (Å²) in [5.41, 5.74) is 0.933. The maximum absolute atomic E-state index is 10.5. The van der Waals surface area contributed by atoms with Gasteiger partial charge in [0.1, 0.15) is 0 Å². The fourth-order valence-corrected chi connectivity index (χ4v) is 3.66. The van der Waals surface area contributed by atoms with Gasteiger partial charge in [-0.25, -0.2) is 0 Å². The van der Waals surface area contributed by atoms with Crippen LogP contribution in [0, 0.1) is 0 Å². The van der Waals surface area contributed by atoms with Crippen molar-refractivity contribution in [3.63, 3.8) is 0 Å². The van der Waals surface area contributed by atoms with E-state index in [0.29, 0.717) is 13.2 Å². The quantitative estimate of drug-likeness (QED) is 0.870. The lowest BCUT2D eigenvalue weighted by Gasteiger charge is -2.38. The predicted molar refractivity (Wildman–Crippen MR) is 68.3 cm³/mol. The second-order valence-corrected chi connectivity index (χ2v) is 6.17. The Morgan fingerprint density at radius 2 is 2.24 bits per heavy atom. The minimum absolute atomic E-state index is 0.522. The molecule has 0 radical (unpaired) electrons. The molecule has 2 aliphatic rings. The van der Waals surface area contributed by atoms with E-state index in [1.807, 2.05) is 11.3 Å². The molecular weight excluding hydrogens is 234 g/mol. The lowest BCUT2D eigenvalue weighted by atomic mass is 9.93. The third-order valence-corrected chi connectivity index (χ3v) is 4.85. The predicted octanol–water partition coefficient (Wildman–Crippen LogP) is 1.65. The molecule has 2 aliphatic heterocycles. The summed E-state index contributed by atoms with van der Waals surface area (Å²) < 4.78 is 5.32. The molecule has 0 atom stereocenters. The molecule has 0 bridgehead atoms. The van der Waals surface area contributed by atoms with Crippen LogP contribution < -0.4 is 0 Å². The van der Waals surface area contributed by atoms with Gasteiger partial charge in [0, 0.05) is 50.6 Å². The molecule has 4 heteroatoms. The first-order valence-electron chi connectivity index (χ1n) is 6.33. The van der Waals surface area contributed by atoms with Crippen LogP contribution in [0.25, 0.3) is 0 Å². The van der Waals surface area contributed by atoms with E-state index in [1.54, 1.807) is 0 Å². The van der Waals surface area contributed by atoms with Gasteiger partial charge >= 0.3 is 0 Å². The lowest BCUT2D eigenvalue weighted by Crippen LogP contribution is -2.47. The van der Waals surface area contributed by atoms with Gasteiger partial charge in [-0.2, -0.15) is 0 Å². The number of thiophene rings is 1. The van der Waals surface area contributed by atoms with Crippen molar-refractivity contribution >= 4 is 11.3 Å². The molecule has 0 spiro atoms. The van der Waals surface area contributed by atoms with Crippen LogP contribution in [0.5, 0.6) is 0 Å². The first-order valence-corrected chi connectivity index (χ1v) is 7.21. The van der Waals surface area contributed by atoms with Crippen LogP contribution in [0.3, 0.4) is 0 Å². The van der Waals surface area contributed by atoms with Gasteiger partial charge in [0.25, 0.3) is 0 Å². The van der Waals surface area contributed by atoms with Crippen molar-refractivity contribution in [2.75, 3.05) is 26.3 Å². The molecular formula is C13H19NO2S. The van der Waals surface area contributed by atoms with Crippen LogP contribution in [-0.4, -0.2) is 41.9 Å². The van der Waals surface area contributed by atoms with E-state index in [0.717, 1.165) is 38.9 Å². The SMILES string of the molecule is OC1(CN2CCc3sccc3C2)CCOCC1. The third-order valence-electron chi connectivity index (χ3n) is 3.83. The molecule has 1 fully saturated rings. The number of ether oxygens (including phenoxy) is 1. The molecule has 0 aromatic carbocycles. The first kappa shape index (κ1) is 11.7. The Hall–Kier alpha value is -0.420. The van der Waals surface area contributed by atoms with Crippen LogP contribution in [0.4, 0.5) is 0 Å². The fraction of sp³-hybridized carbons (Fsp3) is 0.692. The molecule has 3 rings (SSSR count). The molecule has 0 saturated carbocycles. The molecule has 3 nitrogen and oxygen atoms in total. The Kier molecular flexibility index (Phi) is 3.21. The zero-order valence-corrected chi connectivity index (χ0v) is 10.8. The zero-order chi connectivity index (χ0) is 11.7. The molecule has 1 saturated heterocycles. The van der Waals surface area contributed by atoms with Crippen LogP contribution in [0.15, 0.2) is 11.4 Å². The summed E-state index contributed by atoms with van der Waals surface area (Å²) in [6, 6.07) is 2.22. The van der Waals surface area contributed by atoms with Gasteiger partial charge in [-0.15, -0.1) is 11.3 Å². The van der Waals surface area contributed by atoms with Crippen LogP contribution in [-0.2, 0) is 17.7 Å².